The third kappa shape index (κ3) is 2.53. The van der Waals surface area contributed by atoms with Gasteiger partial charge in [-0.25, -0.2) is 0 Å². The average Bonchev–Trinajstić information content (AvgIpc) is 1.84. The quantitative estimate of drug-likeness (QED) is 0.587. The Morgan fingerprint density at radius 3 is 1.60 bits per heavy atom. The van der Waals surface area contributed by atoms with Crippen LogP contribution in [0.15, 0.2) is 11.1 Å². The van der Waals surface area contributed by atoms with E-state index in [-0.39, 0.29) is 6.10 Å². The second kappa shape index (κ2) is 3.77. The van der Waals surface area contributed by atoms with Crippen LogP contribution in [0, 0.1) is 5.92 Å². The molecule has 1 heteroatoms. The molecule has 10 heavy (non-hydrogen) atoms. The normalized spacial score (nSPS) is 13.5. The summed E-state index contributed by atoms with van der Waals surface area (Å²) in [5.74, 6) is 0.329. The summed E-state index contributed by atoms with van der Waals surface area (Å²) in [6, 6.07) is 0. The van der Waals surface area contributed by atoms with Crippen LogP contribution in [0.3, 0.4) is 0 Å². The van der Waals surface area contributed by atoms with Crippen LogP contribution in [0.4, 0.5) is 0 Å². The molecule has 0 aliphatic rings. The Labute approximate surface area is 63.8 Å². The van der Waals surface area contributed by atoms with Gasteiger partial charge in [0, 0.05) is 0 Å². The first kappa shape index (κ1) is 9.70. The first-order valence-corrected chi connectivity index (χ1v) is 3.78. The molecule has 0 saturated heterocycles. The fourth-order valence-corrected chi connectivity index (χ4v) is 0.796. The number of hydrogen-bond donors (Lipinski definition) is 1. The maximum atomic E-state index is 9.51. The fraction of sp³-hybridized carbons (Fsp3) is 0.778. The van der Waals surface area contributed by atoms with Crippen LogP contribution >= 0.6 is 0 Å². The van der Waals surface area contributed by atoms with Gasteiger partial charge in [0.05, 0.1) is 6.10 Å². The SMILES string of the molecule is CC(C)=C(C)C(O)C(C)C. The van der Waals surface area contributed by atoms with Gasteiger partial charge in [-0.15, -0.1) is 0 Å². The van der Waals surface area contributed by atoms with Crippen LogP contribution < -0.4 is 0 Å². The molecule has 0 aromatic heterocycles. The minimum absolute atomic E-state index is 0.259. The monoisotopic (exact) mass is 142 g/mol. The summed E-state index contributed by atoms with van der Waals surface area (Å²) < 4.78 is 0. The third-order valence-corrected chi connectivity index (χ3v) is 1.86. The summed E-state index contributed by atoms with van der Waals surface area (Å²) in [7, 11) is 0. The molecular formula is C9H18O. The Kier molecular flexibility index (Phi) is 3.66. The van der Waals surface area contributed by atoms with Crippen molar-refractivity contribution < 1.29 is 5.11 Å². The minimum Gasteiger partial charge on any atom is -0.388 e. The Morgan fingerprint density at radius 2 is 1.50 bits per heavy atom. The van der Waals surface area contributed by atoms with E-state index in [2.05, 4.69) is 0 Å². The molecule has 0 rings (SSSR count). The Hall–Kier alpha value is -0.300. The fourth-order valence-electron chi connectivity index (χ4n) is 0.796. The van der Waals surface area contributed by atoms with E-state index in [1.165, 1.54) is 5.57 Å². The molecule has 0 radical (unpaired) electrons. The molecule has 1 unspecified atom stereocenters. The highest BCUT2D eigenvalue weighted by atomic mass is 16.3. The Bertz CT molecular complexity index is 130. The lowest BCUT2D eigenvalue weighted by atomic mass is 9.97. The van der Waals surface area contributed by atoms with Crippen molar-refractivity contribution in [1.29, 1.82) is 0 Å². The highest BCUT2D eigenvalue weighted by molar-refractivity contribution is 5.12. The first-order valence-electron chi connectivity index (χ1n) is 3.78. The van der Waals surface area contributed by atoms with Crippen LogP contribution in [0.2, 0.25) is 0 Å². The number of aliphatic hydroxyl groups is 1. The van der Waals surface area contributed by atoms with E-state index < -0.39 is 0 Å². The topological polar surface area (TPSA) is 20.2 Å². The molecule has 0 bridgehead atoms. The zero-order valence-corrected chi connectivity index (χ0v) is 7.60. The molecule has 0 saturated carbocycles. The summed E-state index contributed by atoms with van der Waals surface area (Å²) in [6.45, 7) is 10.1. The van der Waals surface area contributed by atoms with Gasteiger partial charge in [0.25, 0.3) is 0 Å². The van der Waals surface area contributed by atoms with Crippen molar-refractivity contribution in [2.24, 2.45) is 5.92 Å². The zero-order valence-electron chi connectivity index (χ0n) is 7.60. The molecule has 0 heterocycles. The van der Waals surface area contributed by atoms with Crippen LogP contribution in [-0.2, 0) is 0 Å². The van der Waals surface area contributed by atoms with Gasteiger partial charge in [0.1, 0.15) is 0 Å². The van der Waals surface area contributed by atoms with Crippen molar-refractivity contribution in [2.45, 2.75) is 40.7 Å². The van der Waals surface area contributed by atoms with E-state index >= 15 is 0 Å². The summed E-state index contributed by atoms with van der Waals surface area (Å²) in [5, 5.41) is 9.51. The van der Waals surface area contributed by atoms with Crippen molar-refractivity contribution in [3.05, 3.63) is 11.1 Å². The van der Waals surface area contributed by atoms with Gasteiger partial charge >= 0.3 is 0 Å². The molecule has 0 amide bonds. The van der Waals surface area contributed by atoms with E-state index in [4.69, 9.17) is 0 Å². The molecule has 0 aromatic carbocycles. The maximum absolute atomic E-state index is 9.51. The van der Waals surface area contributed by atoms with Gasteiger partial charge in [-0.3, -0.25) is 0 Å². The highest BCUT2D eigenvalue weighted by Gasteiger charge is 2.11. The van der Waals surface area contributed by atoms with E-state index in [0.29, 0.717) is 5.92 Å². The number of hydrogen-bond acceptors (Lipinski definition) is 1. The molecule has 1 nitrogen and oxygen atoms in total. The molecule has 60 valence electrons. The van der Waals surface area contributed by atoms with Gasteiger partial charge < -0.3 is 5.11 Å². The van der Waals surface area contributed by atoms with E-state index in [1.54, 1.807) is 0 Å². The molecule has 0 aromatic rings. The molecule has 0 aliphatic carbocycles. The largest absolute Gasteiger partial charge is 0.388 e. The second-order valence-corrected chi connectivity index (χ2v) is 3.37. The van der Waals surface area contributed by atoms with Crippen LogP contribution in [-0.4, -0.2) is 11.2 Å². The second-order valence-electron chi connectivity index (χ2n) is 3.37. The lowest BCUT2D eigenvalue weighted by Crippen LogP contribution is -2.16. The predicted molar refractivity (Wildman–Crippen MR) is 44.9 cm³/mol. The van der Waals surface area contributed by atoms with E-state index in [1.807, 2.05) is 34.6 Å². The Balaban J connectivity index is 4.22. The minimum atomic E-state index is -0.259. The van der Waals surface area contributed by atoms with Crippen molar-refractivity contribution in [1.82, 2.24) is 0 Å². The lowest BCUT2D eigenvalue weighted by molar-refractivity contribution is 0.159. The maximum Gasteiger partial charge on any atom is 0.0772 e. The van der Waals surface area contributed by atoms with Crippen molar-refractivity contribution in [3.8, 4) is 0 Å². The van der Waals surface area contributed by atoms with Crippen molar-refractivity contribution in [3.63, 3.8) is 0 Å². The zero-order chi connectivity index (χ0) is 8.31. The standard InChI is InChI=1S/C9H18O/c1-6(2)8(5)9(10)7(3)4/h7,9-10H,1-5H3. The van der Waals surface area contributed by atoms with Crippen molar-refractivity contribution in [2.75, 3.05) is 0 Å². The van der Waals surface area contributed by atoms with Crippen LogP contribution in [0.1, 0.15) is 34.6 Å². The smallest absolute Gasteiger partial charge is 0.0772 e. The van der Waals surface area contributed by atoms with E-state index in [0.717, 1.165) is 5.57 Å². The van der Waals surface area contributed by atoms with Crippen LogP contribution in [0.25, 0.3) is 0 Å². The first-order chi connectivity index (χ1) is 4.46. The van der Waals surface area contributed by atoms with E-state index in [9.17, 15) is 5.11 Å². The summed E-state index contributed by atoms with van der Waals surface area (Å²) >= 11 is 0. The van der Waals surface area contributed by atoms with Crippen molar-refractivity contribution >= 4 is 0 Å². The lowest BCUT2D eigenvalue weighted by Gasteiger charge is -2.16. The average molecular weight is 142 g/mol. The van der Waals surface area contributed by atoms with Gasteiger partial charge in [-0.05, 0) is 32.3 Å². The molecule has 0 aliphatic heterocycles. The number of aliphatic hydroxyl groups excluding tert-OH is 1. The molecular weight excluding hydrogens is 124 g/mol. The summed E-state index contributed by atoms with van der Waals surface area (Å²) in [6.07, 6.45) is -0.259. The van der Waals surface area contributed by atoms with Gasteiger partial charge in [0.2, 0.25) is 0 Å². The number of rotatable bonds is 2. The van der Waals surface area contributed by atoms with Gasteiger partial charge in [-0.1, -0.05) is 19.4 Å². The molecule has 1 atom stereocenters. The Morgan fingerprint density at radius 1 is 1.10 bits per heavy atom. The highest BCUT2D eigenvalue weighted by Crippen LogP contribution is 2.14. The third-order valence-electron chi connectivity index (χ3n) is 1.86. The number of allylic oxidation sites excluding steroid dienone is 1. The van der Waals surface area contributed by atoms with Gasteiger partial charge in [-0.2, -0.15) is 0 Å². The molecule has 0 spiro atoms. The molecule has 1 N–H and O–H groups in total. The predicted octanol–water partition coefficient (Wildman–Crippen LogP) is 2.36. The molecule has 0 fully saturated rings. The van der Waals surface area contributed by atoms with Crippen LogP contribution in [0.5, 0.6) is 0 Å². The summed E-state index contributed by atoms with van der Waals surface area (Å²) in [4.78, 5) is 0. The van der Waals surface area contributed by atoms with Gasteiger partial charge in [0.15, 0.2) is 0 Å². The summed E-state index contributed by atoms with van der Waals surface area (Å²) in [5.41, 5.74) is 2.33.